The molecule has 2 aromatic rings. The third kappa shape index (κ3) is 3.22. The lowest BCUT2D eigenvalue weighted by molar-refractivity contribution is 0.164. The second-order valence-corrected chi connectivity index (χ2v) is 8.28. The molecule has 1 aromatic heterocycles. The highest BCUT2D eigenvalue weighted by Gasteiger charge is 2.28. The summed E-state index contributed by atoms with van der Waals surface area (Å²) < 4.78 is 38.9. The van der Waals surface area contributed by atoms with Gasteiger partial charge in [-0.1, -0.05) is 0 Å². The van der Waals surface area contributed by atoms with E-state index in [1.165, 1.54) is 11.3 Å². The average Bonchev–Trinajstić information content (AvgIpc) is 3.10. The Bertz CT molecular complexity index is 817. The standard InChI is InChI=1S/C16H20N2O4S2/c1-18(2)11-8-13-15(21-3)5-4-14(16(13)22-9-11)17-24(19,20)12-6-7-23-10-12/h4-7,10-11,17H,8-9H2,1-3H3/t11-/m1/s1. The summed E-state index contributed by atoms with van der Waals surface area (Å²) in [7, 11) is 1.97. The first-order valence-electron chi connectivity index (χ1n) is 7.46. The highest BCUT2D eigenvalue weighted by molar-refractivity contribution is 7.92. The molecule has 1 N–H and O–H groups in total. The molecule has 0 aliphatic carbocycles. The molecule has 8 heteroatoms. The van der Waals surface area contributed by atoms with Crippen LogP contribution in [0.1, 0.15) is 5.56 Å². The molecule has 1 atom stereocenters. The molecule has 130 valence electrons. The van der Waals surface area contributed by atoms with Crippen molar-refractivity contribution in [3.8, 4) is 11.5 Å². The van der Waals surface area contributed by atoms with Gasteiger partial charge in [-0.3, -0.25) is 4.72 Å². The van der Waals surface area contributed by atoms with Gasteiger partial charge in [0.15, 0.2) is 0 Å². The Kier molecular flexibility index (Phi) is 4.71. The lowest BCUT2D eigenvalue weighted by atomic mass is 10.00. The number of methoxy groups -OCH3 is 1. The number of nitrogens with zero attached hydrogens (tertiary/aromatic N) is 1. The predicted octanol–water partition coefficient (Wildman–Crippen LogP) is 2.42. The van der Waals surface area contributed by atoms with Gasteiger partial charge in [0, 0.05) is 17.0 Å². The molecule has 0 saturated heterocycles. The van der Waals surface area contributed by atoms with E-state index in [0.717, 1.165) is 12.0 Å². The first-order valence-corrected chi connectivity index (χ1v) is 9.89. The van der Waals surface area contributed by atoms with E-state index in [1.807, 2.05) is 14.1 Å². The van der Waals surface area contributed by atoms with Crippen LogP contribution in [0.3, 0.4) is 0 Å². The summed E-state index contributed by atoms with van der Waals surface area (Å²) in [6.45, 7) is 0.500. The second-order valence-electron chi connectivity index (χ2n) is 5.82. The smallest absolute Gasteiger partial charge is 0.262 e. The van der Waals surface area contributed by atoms with Crippen molar-refractivity contribution in [2.24, 2.45) is 0 Å². The van der Waals surface area contributed by atoms with E-state index < -0.39 is 10.0 Å². The van der Waals surface area contributed by atoms with Crippen LogP contribution < -0.4 is 14.2 Å². The molecule has 0 fully saturated rings. The van der Waals surface area contributed by atoms with Gasteiger partial charge in [-0.2, -0.15) is 11.3 Å². The Balaban J connectivity index is 1.98. The highest BCUT2D eigenvalue weighted by atomic mass is 32.2. The van der Waals surface area contributed by atoms with Crippen LogP contribution in [0.5, 0.6) is 11.5 Å². The van der Waals surface area contributed by atoms with E-state index in [1.54, 1.807) is 36.1 Å². The van der Waals surface area contributed by atoms with E-state index >= 15 is 0 Å². The van der Waals surface area contributed by atoms with Gasteiger partial charge < -0.3 is 14.4 Å². The average molecular weight is 368 g/mol. The Morgan fingerprint density at radius 3 is 2.75 bits per heavy atom. The molecule has 3 rings (SSSR count). The van der Waals surface area contributed by atoms with Crippen LogP contribution in [0.15, 0.2) is 33.9 Å². The second kappa shape index (κ2) is 6.62. The van der Waals surface area contributed by atoms with Crippen molar-refractivity contribution in [2.75, 3.05) is 32.5 Å². The van der Waals surface area contributed by atoms with Crippen molar-refractivity contribution in [1.29, 1.82) is 0 Å². The third-order valence-corrected chi connectivity index (χ3v) is 6.27. The minimum Gasteiger partial charge on any atom is -0.496 e. The van der Waals surface area contributed by atoms with E-state index in [-0.39, 0.29) is 10.9 Å². The van der Waals surface area contributed by atoms with Crippen LogP contribution in [0.2, 0.25) is 0 Å². The molecule has 2 heterocycles. The molecule has 6 nitrogen and oxygen atoms in total. The summed E-state index contributed by atoms with van der Waals surface area (Å²) in [4.78, 5) is 2.34. The van der Waals surface area contributed by atoms with Crippen molar-refractivity contribution in [3.63, 3.8) is 0 Å². The molecule has 1 aliphatic rings. The van der Waals surface area contributed by atoms with Gasteiger partial charge >= 0.3 is 0 Å². The number of ether oxygens (including phenoxy) is 2. The number of rotatable bonds is 5. The zero-order valence-electron chi connectivity index (χ0n) is 13.8. The van der Waals surface area contributed by atoms with Gasteiger partial charge in [-0.25, -0.2) is 8.42 Å². The Labute approximate surface area is 146 Å². The first-order chi connectivity index (χ1) is 11.4. The number of hydrogen-bond donors (Lipinski definition) is 1. The van der Waals surface area contributed by atoms with Crippen molar-refractivity contribution in [2.45, 2.75) is 17.4 Å². The zero-order valence-corrected chi connectivity index (χ0v) is 15.4. The van der Waals surface area contributed by atoms with Crippen LogP contribution in [0.4, 0.5) is 5.69 Å². The number of sulfonamides is 1. The van der Waals surface area contributed by atoms with Crippen LogP contribution in [0, 0.1) is 0 Å². The predicted molar refractivity (Wildman–Crippen MR) is 94.8 cm³/mol. The maximum absolute atomic E-state index is 12.5. The van der Waals surface area contributed by atoms with E-state index in [4.69, 9.17) is 9.47 Å². The van der Waals surface area contributed by atoms with Crippen molar-refractivity contribution >= 4 is 27.0 Å². The summed E-state index contributed by atoms with van der Waals surface area (Å²) in [6, 6.07) is 5.24. The van der Waals surface area contributed by atoms with Crippen molar-refractivity contribution < 1.29 is 17.9 Å². The SMILES string of the molecule is COc1ccc(NS(=O)(=O)c2ccsc2)c2c1C[C@@H](N(C)C)CO2. The number of likely N-dealkylation sites (N-methyl/N-ethyl adjacent to an activating group) is 1. The molecule has 0 saturated carbocycles. The molecule has 0 bridgehead atoms. The fourth-order valence-electron chi connectivity index (χ4n) is 2.65. The quantitative estimate of drug-likeness (QED) is 0.878. The molecule has 0 radical (unpaired) electrons. The van der Waals surface area contributed by atoms with Crippen LogP contribution >= 0.6 is 11.3 Å². The zero-order chi connectivity index (χ0) is 17.3. The molecular weight excluding hydrogens is 348 g/mol. The van der Waals surface area contributed by atoms with E-state index in [9.17, 15) is 8.42 Å². The number of anilines is 1. The molecule has 1 aliphatic heterocycles. The van der Waals surface area contributed by atoms with Gasteiger partial charge in [0.05, 0.1) is 17.7 Å². The number of hydrogen-bond acceptors (Lipinski definition) is 6. The first kappa shape index (κ1) is 17.1. The molecule has 0 amide bonds. The van der Waals surface area contributed by atoms with Gasteiger partial charge in [0.25, 0.3) is 10.0 Å². The maximum atomic E-state index is 12.5. The summed E-state index contributed by atoms with van der Waals surface area (Å²) >= 11 is 1.34. The third-order valence-electron chi connectivity index (χ3n) is 4.08. The molecule has 0 spiro atoms. The van der Waals surface area contributed by atoms with Crippen LogP contribution in [-0.4, -0.2) is 47.2 Å². The highest BCUT2D eigenvalue weighted by Crippen LogP contribution is 2.40. The number of thiophene rings is 1. The lowest BCUT2D eigenvalue weighted by Crippen LogP contribution is -2.38. The van der Waals surface area contributed by atoms with Crippen LogP contribution in [-0.2, 0) is 16.4 Å². The molecule has 0 unspecified atom stereocenters. The Hall–Kier alpha value is -1.77. The summed E-state index contributed by atoms with van der Waals surface area (Å²) in [6.07, 6.45) is 0.736. The summed E-state index contributed by atoms with van der Waals surface area (Å²) in [5, 5.41) is 3.33. The van der Waals surface area contributed by atoms with Gasteiger partial charge in [-0.05, 0) is 44.1 Å². The van der Waals surface area contributed by atoms with Crippen molar-refractivity contribution in [1.82, 2.24) is 4.90 Å². The Morgan fingerprint density at radius 1 is 1.33 bits per heavy atom. The topological polar surface area (TPSA) is 67.9 Å². The number of nitrogens with one attached hydrogen (secondary N) is 1. The maximum Gasteiger partial charge on any atom is 0.262 e. The fraction of sp³-hybridized carbons (Fsp3) is 0.375. The molecule has 1 aromatic carbocycles. The monoisotopic (exact) mass is 368 g/mol. The largest absolute Gasteiger partial charge is 0.496 e. The molecular formula is C16H20N2O4S2. The van der Waals surface area contributed by atoms with E-state index in [0.29, 0.717) is 23.8 Å². The normalized spacial score (nSPS) is 17.2. The van der Waals surface area contributed by atoms with Crippen LogP contribution in [0.25, 0.3) is 0 Å². The minimum atomic E-state index is -3.62. The number of fused-ring (bicyclic) bond motifs is 1. The molecule has 24 heavy (non-hydrogen) atoms. The fourth-order valence-corrected chi connectivity index (χ4v) is 4.75. The van der Waals surface area contributed by atoms with E-state index in [2.05, 4.69) is 9.62 Å². The lowest BCUT2D eigenvalue weighted by Gasteiger charge is -2.32. The summed E-state index contributed by atoms with van der Waals surface area (Å²) in [5.74, 6) is 1.25. The van der Waals surface area contributed by atoms with Gasteiger partial charge in [-0.15, -0.1) is 0 Å². The Morgan fingerprint density at radius 2 is 2.12 bits per heavy atom. The minimum absolute atomic E-state index is 0.218. The van der Waals surface area contributed by atoms with Gasteiger partial charge in [0.1, 0.15) is 18.1 Å². The number of benzene rings is 1. The summed E-state index contributed by atoms with van der Waals surface area (Å²) in [5.41, 5.74) is 1.32. The van der Waals surface area contributed by atoms with Crippen molar-refractivity contribution in [3.05, 3.63) is 34.5 Å². The van der Waals surface area contributed by atoms with Gasteiger partial charge in [0.2, 0.25) is 0 Å².